The molecule has 0 bridgehead atoms. The summed E-state index contributed by atoms with van der Waals surface area (Å²) in [5.41, 5.74) is 0.867. The number of benzene rings is 1. The first-order valence-corrected chi connectivity index (χ1v) is 6.98. The van der Waals surface area contributed by atoms with Crippen LogP contribution in [-0.4, -0.2) is 25.0 Å². The van der Waals surface area contributed by atoms with E-state index in [1.807, 2.05) is 6.07 Å². The lowest BCUT2D eigenvalue weighted by atomic mass is 10.0. The predicted octanol–water partition coefficient (Wildman–Crippen LogP) is 2.02. The number of amides is 1. The predicted molar refractivity (Wildman–Crippen MR) is 73.4 cm³/mol. The number of aryl methyl sites for hydroxylation is 1. The van der Waals surface area contributed by atoms with E-state index in [0.29, 0.717) is 25.4 Å². The molecule has 1 saturated heterocycles. The summed E-state index contributed by atoms with van der Waals surface area (Å²) in [6.45, 7) is 1.74. The molecule has 1 amide bonds. The second-order valence-corrected chi connectivity index (χ2v) is 5.08. The van der Waals surface area contributed by atoms with E-state index in [4.69, 9.17) is 0 Å². The van der Waals surface area contributed by atoms with Crippen LogP contribution in [-0.2, 0) is 11.2 Å². The van der Waals surface area contributed by atoms with Crippen LogP contribution in [0.15, 0.2) is 24.3 Å². The molecule has 0 aliphatic carbocycles. The Kier molecular flexibility index (Phi) is 5.33. The quantitative estimate of drug-likeness (QED) is 0.854. The maximum atomic E-state index is 13.0. The van der Waals surface area contributed by atoms with Gasteiger partial charge in [-0.1, -0.05) is 18.6 Å². The Hall–Kier alpha value is -1.42. The zero-order valence-corrected chi connectivity index (χ0v) is 11.1. The van der Waals surface area contributed by atoms with Crippen LogP contribution in [0.3, 0.4) is 0 Å². The van der Waals surface area contributed by atoms with Crippen molar-refractivity contribution in [2.24, 2.45) is 0 Å². The van der Waals surface area contributed by atoms with Gasteiger partial charge in [-0.05, 0) is 43.5 Å². The Morgan fingerprint density at radius 3 is 3.05 bits per heavy atom. The first-order chi connectivity index (χ1) is 9.24. The molecular formula is C15H21FN2O. The molecule has 19 heavy (non-hydrogen) atoms. The topological polar surface area (TPSA) is 41.1 Å². The molecule has 0 saturated carbocycles. The SMILES string of the molecule is O=C(CCc1cccc(F)c1)NCC1CCCCN1. The Morgan fingerprint density at radius 2 is 2.32 bits per heavy atom. The number of halogens is 1. The van der Waals surface area contributed by atoms with Crippen LogP contribution in [0.5, 0.6) is 0 Å². The molecule has 1 heterocycles. The summed E-state index contributed by atoms with van der Waals surface area (Å²) in [6.07, 6.45) is 4.59. The van der Waals surface area contributed by atoms with Crippen molar-refractivity contribution in [1.82, 2.24) is 10.6 Å². The molecule has 1 aliphatic heterocycles. The molecule has 1 aromatic carbocycles. The van der Waals surface area contributed by atoms with Gasteiger partial charge in [0.15, 0.2) is 0 Å². The van der Waals surface area contributed by atoms with E-state index in [1.165, 1.54) is 25.0 Å². The smallest absolute Gasteiger partial charge is 0.220 e. The highest BCUT2D eigenvalue weighted by Crippen LogP contribution is 2.07. The van der Waals surface area contributed by atoms with Crippen LogP contribution >= 0.6 is 0 Å². The molecule has 0 spiro atoms. The molecule has 0 aromatic heterocycles. The van der Waals surface area contributed by atoms with Crippen LogP contribution in [0.2, 0.25) is 0 Å². The third-order valence-electron chi connectivity index (χ3n) is 3.49. The molecular weight excluding hydrogens is 243 g/mol. The van der Waals surface area contributed by atoms with Gasteiger partial charge in [-0.3, -0.25) is 4.79 Å². The minimum Gasteiger partial charge on any atom is -0.355 e. The molecule has 0 radical (unpaired) electrons. The molecule has 2 N–H and O–H groups in total. The van der Waals surface area contributed by atoms with Crippen LogP contribution in [0.25, 0.3) is 0 Å². The van der Waals surface area contributed by atoms with Crippen molar-refractivity contribution in [2.75, 3.05) is 13.1 Å². The van der Waals surface area contributed by atoms with Crippen molar-refractivity contribution in [1.29, 1.82) is 0 Å². The van der Waals surface area contributed by atoms with Gasteiger partial charge in [-0.25, -0.2) is 4.39 Å². The fraction of sp³-hybridized carbons (Fsp3) is 0.533. The first-order valence-electron chi connectivity index (χ1n) is 6.98. The van der Waals surface area contributed by atoms with Gasteiger partial charge in [0.1, 0.15) is 5.82 Å². The highest BCUT2D eigenvalue weighted by Gasteiger charge is 2.13. The summed E-state index contributed by atoms with van der Waals surface area (Å²) in [5.74, 6) is -0.207. The molecule has 4 heteroatoms. The van der Waals surface area contributed by atoms with Crippen LogP contribution in [0.1, 0.15) is 31.2 Å². The zero-order chi connectivity index (χ0) is 13.5. The van der Waals surface area contributed by atoms with Crippen molar-refractivity contribution in [2.45, 2.75) is 38.1 Å². The average molecular weight is 264 g/mol. The molecule has 1 aromatic rings. The highest BCUT2D eigenvalue weighted by atomic mass is 19.1. The molecule has 1 unspecified atom stereocenters. The fourth-order valence-corrected chi connectivity index (χ4v) is 2.37. The van der Waals surface area contributed by atoms with E-state index in [0.717, 1.165) is 18.5 Å². The van der Waals surface area contributed by atoms with E-state index in [9.17, 15) is 9.18 Å². The van der Waals surface area contributed by atoms with E-state index in [2.05, 4.69) is 10.6 Å². The standard InChI is InChI=1S/C15H21FN2O/c16-13-5-3-4-12(10-13)7-8-15(19)18-11-14-6-1-2-9-17-14/h3-5,10,14,17H,1-2,6-9,11H2,(H,18,19). The van der Waals surface area contributed by atoms with Gasteiger partial charge in [-0.15, -0.1) is 0 Å². The van der Waals surface area contributed by atoms with Gasteiger partial charge in [0, 0.05) is 19.0 Å². The van der Waals surface area contributed by atoms with Crippen molar-refractivity contribution in [3.05, 3.63) is 35.6 Å². The third kappa shape index (κ3) is 4.99. The van der Waals surface area contributed by atoms with E-state index in [1.54, 1.807) is 6.07 Å². The van der Waals surface area contributed by atoms with Gasteiger partial charge < -0.3 is 10.6 Å². The van der Waals surface area contributed by atoms with Crippen LogP contribution in [0, 0.1) is 5.82 Å². The molecule has 2 rings (SSSR count). The van der Waals surface area contributed by atoms with Crippen molar-refractivity contribution >= 4 is 5.91 Å². The van der Waals surface area contributed by atoms with Crippen LogP contribution < -0.4 is 10.6 Å². The summed E-state index contributed by atoms with van der Waals surface area (Å²) in [5, 5.41) is 6.33. The average Bonchev–Trinajstić information content (AvgIpc) is 2.44. The Labute approximate surface area is 113 Å². The Morgan fingerprint density at radius 1 is 1.42 bits per heavy atom. The molecule has 1 aliphatic rings. The van der Waals surface area contributed by atoms with E-state index in [-0.39, 0.29) is 11.7 Å². The number of piperidine rings is 1. The lowest BCUT2D eigenvalue weighted by Gasteiger charge is -2.23. The van der Waals surface area contributed by atoms with Crippen molar-refractivity contribution in [3.8, 4) is 0 Å². The van der Waals surface area contributed by atoms with Crippen molar-refractivity contribution < 1.29 is 9.18 Å². The normalized spacial score (nSPS) is 19.1. The van der Waals surface area contributed by atoms with Gasteiger partial charge >= 0.3 is 0 Å². The van der Waals surface area contributed by atoms with Gasteiger partial charge in [0.2, 0.25) is 5.91 Å². The summed E-state index contributed by atoms with van der Waals surface area (Å²) in [6, 6.07) is 6.83. The second-order valence-electron chi connectivity index (χ2n) is 5.08. The lowest BCUT2D eigenvalue weighted by molar-refractivity contribution is -0.121. The summed E-state index contributed by atoms with van der Waals surface area (Å²) in [7, 11) is 0. The highest BCUT2D eigenvalue weighted by molar-refractivity contribution is 5.76. The lowest BCUT2D eigenvalue weighted by Crippen LogP contribution is -2.43. The zero-order valence-electron chi connectivity index (χ0n) is 11.1. The molecule has 104 valence electrons. The maximum Gasteiger partial charge on any atom is 0.220 e. The Balaban J connectivity index is 1.66. The van der Waals surface area contributed by atoms with Gasteiger partial charge in [0.25, 0.3) is 0 Å². The van der Waals surface area contributed by atoms with Gasteiger partial charge in [0.05, 0.1) is 0 Å². The van der Waals surface area contributed by atoms with Crippen LogP contribution in [0.4, 0.5) is 4.39 Å². The molecule has 3 nitrogen and oxygen atoms in total. The minimum atomic E-state index is -0.246. The molecule has 1 fully saturated rings. The van der Waals surface area contributed by atoms with Gasteiger partial charge in [-0.2, -0.15) is 0 Å². The summed E-state index contributed by atoms with van der Waals surface area (Å²) in [4.78, 5) is 11.7. The fourth-order valence-electron chi connectivity index (χ4n) is 2.37. The number of nitrogens with one attached hydrogen (secondary N) is 2. The van der Waals surface area contributed by atoms with E-state index < -0.39 is 0 Å². The molecule has 1 atom stereocenters. The number of carbonyl (C=O) groups is 1. The monoisotopic (exact) mass is 264 g/mol. The minimum absolute atomic E-state index is 0.0386. The maximum absolute atomic E-state index is 13.0. The van der Waals surface area contributed by atoms with E-state index >= 15 is 0 Å². The first kappa shape index (κ1) is 14.0. The summed E-state index contributed by atoms with van der Waals surface area (Å²) >= 11 is 0. The number of hydrogen-bond donors (Lipinski definition) is 2. The third-order valence-corrected chi connectivity index (χ3v) is 3.49. The number of rotatable bonds is 5. The second kappa shape index (κ2) is 7.24. The van der Waals surface area contributed by atoms with Crippen molar-refractivity contribution in [3.63, 3.8) is 0 Å². The number of hydrogen-bond acceptors (Lipinski definition) is 2. The Bertz CT molecular complexity index is 416. The number of carbonyl (C=O) groups excluding carboxylic acids is 1. The largest absolute Gasteiger partial charge is 0.355 e. The summed E-state index contributed by atoms with van der Waals surface area (Å²) < 4.78 is 13.0.